The van der Waals surface area contributed by atoms with Crippen LogP contribution in [-0.4, -0.2) is 206 Å². The summed E-state index contributed by atoms with van der Waals surface area (Å²) in [6.07, 6.45) is 7.55. The molecule has 0 aliphatic carbocycles. The molecule has 3 atom stereocenters. The Bertz CT molecular complexity index is 3600. The van der Waals surface area contributed by atoms with E-state index in [9.17, 15) is 27.2 Å². The first-order valence-corrected chi connectivity index (χ1v) is 31.7. The highest BCUT2D eigenvalue weighted by Crippen LogP contribution is 2.41. The van der Waals surface area contributed by atoms with Crippen LogP contribution in [0.2, 0.25) is 0 Å². The molecule has 0 spiro atoms. The number of pyridine rings is 1. The predicted molar refractivity (Wildman–Crippen MR) is 332 cm³/mol. The van der Waals surface area contributed by atoms with Gasteiger partial charge in [0.2, 0.25) is 11.7 Å². The number of nitrogens with zero attached hydrogens (tertiary/aromatic N) is 13. The Morgan fingerprint density at radius 2 is 1.55 bits per heavy atom. The molecule has 22 nitrogen and oxygen atoms in total. The van der Waals surface area contributed by atoms with Gasteiger partial charge in [0.15, 0.2) is 9.84 Å². The number of nitrogens with one attached hydrogen (secondary N) is 2. The predicted octanol–water partition coefficient (Wildman–Crippen LogP) is 7.57. The summed E-state index contributed by atoms with van der Waals surface area (Å²) < 4.78 is 52.9. The van der Waals surface area contributed by atoms with Crippen molar-refractivity contribution in [2.75, 3.05) is 107 Å². The van der Waals surface area contributed by atoms with Crippen molar-refractivity contribution in [3.63, 3.8) is 0 Å². The van der Waals surface area contributed by atoms with Gasteiger partial charge in [0.05, 0.1) is 58.6 Å². The highest BCUT2D eigenvalue weighted by molar-refractivity contribution is 7.92. The number of hydrogen-bond acceptors (Lipinski definition) is 18. The van der Waals surface area contributed by atoms with E-state index in [0.29, 0.717) is 87.8 Å². The van der Waals surface area contributed by atoms with Crippen molar-refractivity contribution < 1.29 is 36.7 Å². The van der Waals surface area contributed by atoms with Crippen molar-refractivity contribution in [1.82, 2.24) is 59.6 Å². The molecule has 10 rings (SSSR count). The Kier molecular flexibility index (Phi) is 18.0. The van der Waals surface area contributed by atoms with Gasteiger partial charge in [0.25, 0.3) is 5.91 Å². The van der Waals surface area contributed by atoms with Gasteiger partial charge < -0.3 is 34.4 Å². The van der Waals surface area contributed by atoms with Crippen molar-refractivity contribution in [3.05, 3.63) is 107 Å². The molecule has 0 saturated carbocycles. The molecule has 0 radical (unpaired) electrons. The fourth-order valence-electron chi connectivity index (χ4n) is 11.9. The second-order valence-corrected chi connectivity index (χ2v) is 29.1. The average Bonchev–Trinajstić information content (AvgIpc) is 1.91. The molecule has 466 valence electrons. The lowest BCUT2D eigenvalue weighted by Gasteiger charge is -2.48. The molecule has 0 bridgehead atoms. The third-order valence-corrected chi connectivity index (χ3v) is 19.7. The lowest BCUT2D eigenvalue weighted by molar-refractivity contribution is -0.121. The Morgan fingerprint density at radius 3 is 2.22 bits per heavy atom. The SMILES string of the molecule is Cc1n[nH]c(Nc2ncnc3cc(OCCCN4CCN(c5cnc(C(=O)N6CCN(C[C@H]7CN(C(=O)OC(C)(C)C)[C@H](C)CN7CC(=O)N7CC(C)(C)c8ncc(Cc9ccc(F)cc9)cc87)[C@H](C)C6)nc5)CC4)c(S(=O)(=O)C(C)(C)C)cc23)c1C. The minimum atomic E-state index is -3.84. The smallest absolute Gasteiger partial charge is 0.410 e. The lowest BCUT2D eigenvalue weighted by Crippen LogP contribution is -2.65. The highest BCUT2D eigenvalue weighted by Gasteiger charge is 2.44. The number of carbonyl (C=O) groups is 3. The molecule has 3 amide bonds. The van der Waals surface area contributed by atoms with Crippen LogP contribution >= 0.6 is 0 Å². The van der Waals surface area contributed by atoms with Crippen LogP contribution in [0.5, 0.6) is 5.75 Å². The zero-order valence-corrected chi connectivity index (χ0v) is 53.2. The summed E-state index contributed by atoms with van der Waals surface area (Å²) in [6.45, 7) is 30.2. The minimum Gasteiger partial charge on any atom is -0.492 e. The molecular weight excluding hydrogens is 1130 g/mol. The average molecular weight is 1210 g/mol. The maximum Gasteiger partial charge on any atom is 0.410 e. The first-order chi connectivity index (χ1) is 41.1. The number of rotatable bonds is 16. The van der Waals surface area contributed by atoms with E-state index in [1.54, 1.807) is 67.2 Å². The summed E-state index contributed by atoms with van der Waals surface area (Å²) in [6, 6.07) is 11.3. The van der Waals surface area contributed by atoms with E-state index < -0.39 is 20.2 Å². The molecule has 0 unspecified atom stereocenters. The van der Waals surface area contributed by atoms with Crippen molar-refractivity contribution in [2.24, 2.45) is 0 Å². The van der Waals surface area contributed by atoms with E-state index in [1.165, 1.54) is 18.5 Å². The third-order valence-electron chi connectivity index (χ3n) is 17.2. The van der Waals surface area contributed by atoms with Crippen LogP contribution in [0.1, 0.15) is 114 Å². The summed E-state index contributed by atoms with van der Waals surface area (Å²) in [4.78, 5) is 80.0. The Morgan fingerprint density at radius 1 is 0.828 bits per heavy atom. The second-order valence-electron chi connectivity index (χ2n) is 26.4. The van der Waals surface area contributed by atoms with Gasteiger partial charge in [-0.25, -0.2) is 37.5 Å². The largest absolute Gasteiger partial charge is 0.492 e. The fraction of sp³-hybridized carbons (Fsp3) is 0.540. The number of fused-ring (bicyclic) bond motifs is 2. The van der Waals surface area contributed by atoms with Gasteiger partial charge in [0, 0.05) is 125 Å². The van der Waals surface area contributed by atoms with Gasteiger partial charge in [-0.2, -0.15) is 5.10 Å². The van der Waals surface area contributed by atoms with Gasteiger partial charge in [-0.05, 0) is 117 Å². The molecular formula is C63H84FN15O7S. The van der Waals surface area contributed by atoms with Gasteiger partial charge in [-0.1, -0.05) is 26.0 Å². The number of carbonyl (C=O) groups excluding carboxylic acids is 3. The minimum absolute atomic E-state index is 0.0516. The number of halogens is 1. The number of H-pyrrole nitrogens is 1. The van der Waals surface area contributed by atoms with Crippen molar-refractivity contribution >= 4 is 61.7 Å². The summed E-state index contributed by atoms with van der Waals surface area (Å²) in [5.41, 5.74) is 5.59. The van der Waals surface area contributed by atoms with Crippen LogP contribution in [0.4, 0.5) is 32.2 Å². The van der Waals surface area contributed by atoms with E-state index in [0.717, 1.165) is 72.2 Å². The van der Waals surface area contributed by atoms with Gasteiger partial charge in [-0.15, -0.1) is 0 Å². The number of anilines is 4. The molecule has 4 aliphatic heterocycles. The van der Waals surface area contributed by atoms with Gasteiger partial charge in [0.1, 0.15) is 40.0 Å². The molecule has 2 aromatic carbocycles. The van der Waals surface area contributed by atoms with Crippen LogP contribution < -0.4 is 19.9 Å². The van der Waals surface area contributed by atoms with Crippen molar-refractivity contribution in [1.29, 1.82) is 0 Å². The number of piperazine rings is 3. The Balaban J connectivity index is 0.728. The molecule has 87 heavy (non-hydrogen) atoms. The number of aromatic amines is 1. The molecule has 4 aliphatic rings. The molecule has 3 saturated heterocycles. The zero-order chi connectivity index (χ0) is 62.3. The topological polar surface area (TPSA) is 232 Å². The summed E-state index contributed by atoms with van der Waals surface area (Å²) in [5, 5.41) is 11.1. The zero-order valence-electron chi connectivity index (χ0n) is 52.4. The van der Waals surface area contributed by atoms with Gasteiger partial charge in [-0.3, -0.25) is 34.4 Å². The number of amides is 3. The monoisotopic (exact) mass is 1210 g/mol. The second kappa shape index (κ2) is 25.0. The van der Waals surface area contributed by atoms with Crippen molar-refractivity contribution in [2.45, 2.75) is 135 Å². The normalized spacial score (nSPS) is 19.8. The molecule has 6 aromatic rings. The van der Waals surface area contributed by atoms with Crippen LogP contribution in [0.25, 0.3) is 10.9 Å². The molecule has 24 heteroatoms. The Hall–Kier alpha value is -7.41. The maximum atomic E-state index is 14.7. The standard InChI is InChI=1S/C63H84FN15O7S/c1-40-33-76(24-23-75(40)35-48-36-78(60(82)86-61(5,6)7)41(2)34-77(48)37-54(80)79-38-63(11,12)55-51(79)27-45(30-65-55)26-44-14-16-46(64)17-15-44)59(81)58-66-31-47(32-67-58)74-21-19-73(20-22-74)18-13-25-85-52-29-50-49(28-53(52)87(83,84)62(8,9)10)57(69-39-68-50)70-56-42(3)43(4)71-72-56/h14-17,27-32,39-41,48H,13,18-26,33-38H2,1-12H3,(H2,68,69,70,71,72)/t40-,41-,48+/m1/s1. The first kappa shape index (κ1) is 62.6. The summed E-state index contributed by atoms with van der Waals surface area (Å²) in [7, 11) is -3.84. The number of hydrogen-bond donors (Lipinski definition) is 2. The van der Waals surface area contributed by atoms with E-state index >= 15 is 0 Å². The number of aromatic nitrogens is 7. The van der Waals surface area contributed by atoms with E-state index in [-0.39, 0.29) is 70.3 Å². The molecule has 3 fully saturated rings. The fourth-order valence-corrected chi connectivity index (χ4v) is 13.3. The van der Waals surface area contributed by atoms with Crippen LogP contribution in [0.3, 0.4) is 0 Å². The van der Waals surface area contributed by atoms with E-state index in [4.69, 9.17) is 14.5 Å². The highest BCUT2D eigenvalue weighted by atomic mass is 32.2. The number of aryl methyl sites for hydroxylation is 1. The lowest BCUT2D eigenvalue weighted by atomic mass is 9.91. The van der Waals surface area contributed by atoms with E-state index in [1.807, 2.05) is 58.7 Å². The maximum absolute atomic E-state index is 14.7. The van der Waals surface area contributed by atoms with E-state index in [2.05, 4.69) is 75.8 Å². The Labute approximate surface area is 510 Å². The number of benzene rings is 2. The number of ether oxygens (including phenoxy) is 2. The first-order valence-electron chi connectivity index (χ1n) is 30.2. The molecule has 8 heterocycles. The number of sulfone groups is 1. The molecule has 4 aromatic heterocycles. The molecule has 2 N–H and O–H groups in total. The summed E-state index contributed by atoms with van der Waals surface area (Å²) in [5.74, 6) is 0.912. The summed E-state index contributed by atoms with van der Waals surface area (Å²) >= 11 is 0. The van der Waals surface area contributed by atoms with Crippen LogP contribution in [0, 0.1) is 19.7 Å². The van der Waals surface area contributed by atoms with Crippen LogP contribution in [0.15, 0.2) is 72.3 Å². The van der Waals surface area contributed by atoms with Crippen LogP contribution in [-0.2, 0) is 31.2 Å². The van der Waals surface area contributed by atoms with Crippen molar-refractivity contribution in [3.8, 4) is 5.75 Å². The third kappa shape index (κ3) is 14.0. The quantitative estimate of drug-likeness (QED) is 0.0890. The van der Waals surface area contributed by atoms with Gasteiger partial charge >= 0.3 is 6.09 Å².